The molecule has 4 aromatic carbocycles. The molecule has 0 radical (unpaired) electrons. The van der Waals surface area contributed by atoms with Crippen molar-refractivity contribution in [2.75, 3.05) is 5.32 Å². The van der Waals surface area contributed by atoms with Crippen LogP contribution in [0, 0.1) is 6.92 Å². The Labute approximate surface area is 261 Å². The van der Waals surface area contributed by atoms with Gasteiger partial charge in [-0.25, -0.2) is 4.68 Å². The van der Waals surface area contributed by atoms with Crippen LogP contribution in [0.15, 0.2) is 126 Å². The van der Waals surface area contributed by atoms with E-state index in [1.807, 2.05) is 91.0 Å². The number of aryl methyl sites for hydroxylation is 1. The Kier molecular flexibility index (Phi) is 9.41. The number of carbonyl (C=O) groups is 2. The number of rotatable bonds is 7. The topological polar surface area (TPSA) is 110 Å². The summed E-state index contributed by atoms with van der Waals surface area (Å²) >= 11 is 0. The molecule has 0 aliphatic rings. The van der Waals surface area contributed by atoms with Gasteiger partial charge in [0.1, 0.15) is 17.0 Å². The van der Waals surface area contributed by atoms with Gasteiger partial charge in [0.25, 0.3) is 5.91 Å². The van der Waals surface area contributed by atoms with Crippen LogP contribution < -0.4 is 5.32 Å². The maximum absolute atomic E-state index is 12.4. The van der Waals surface area contributed by atoms with Crippen molar-refractivity contribution < 1.29 is 32.4 Å². The molecule has 0 bridgehead atoms. The first-order chi connectivity index (χ1) is 22.1. The van der Waals surface area contributed by atoms with E-state index < -0.39 is 23.6 Å². The predicted molar refractivity (Wildman–Crippen MR) is 166 cm³/mol. The number of aliphatic carboxylic acids is 1. The highest BCUT2D eigenvalue weighted by molar-refractivity contribution is 6.04. The molecule has 2 N–H and O–H groups in total. The molecule has 0 saturated heterocycles. The Morgan fingerprint density at radius 1 is 0.826 bits per heavy atom. The molecular weight excluding hydrogens is 597 g/mol. The van der Waals surface area contributed by atoms with Crippen molar-refractivity contribution in [2.45, 2.75) is 19.5 Å². The Bertz CT molecular complexity index is 1920. The molecule has 6 rings (SSSR count). The summed E-state index contributed by atoms with van der Waals surface area (Å²) in [5.41, 5.74) is 4.78. The number of carboxylic acid groups (broad SMARTS) is 1. The highest BCUT2D eigenvalue weighted by Gasteiger charge is 2.30. The number of hydrogen-bond donors (Lipinski definition) is 2. The summed E-state index contributed by atoms with van der Waals surface area (Å²) in [5.74, 6) is -1.04. The van der Waals surface area contributed by atoms with E-state index in [4.69, 9.17) is 9.62 Å². The number of nitrogens with zero attached hydrogens (tertiary/aromatic N) is 3. The summed E-state index contributed by atoms with van der Waals surface area (Å²) in [6.45, 7) is 1.56. The third-order valence-corrected chi connectivity index (χ3v) is 6.88. The summed E-state index contributed by atoms with van der Waals surface area (Å²) in [5, 5.41) is 20.3. The van der Waals surface area contributed by atoms with Gasteiger partial charge in [0.05, 0.1) is 29.6 Å². The molecular formula is C35H27F3N4O4. The van der Waals surface area contributed by atoms with Gasteiger partial charge in [0.15, 0.2) is 0 Å². The lowest BCUT2D eigenvalue weighted by molar-refractivity contribution is -0.138. The van der Waals surface area contributed by atoms with Crippen molar-refractivity contribution in [2.24, 2.45) is 0 Å². The lowest BCUT2D eigenvalue weighted by atomic mass is 9.97. The Balaban J connectivity index is 0.000000193. The molecule has 1 amide bonds. The number of amides is 1. The third kappa shape index (κ3) is 7.39. The first-order valence-corrected chi connectivity index (χ1v) is 14.0. The van der Waals surface area contributed by atoms with Crippen LogP contribution in [0.5, 0.6) is 0 Å². The Morgan fingerprint density at radius 3 is 1.91 bits per heavy atom. The molecule has 0 spiro atoms. The number of nitrogens with one attached hydrogen (secondary N) is 1. The van der Waals surface area contributed by atoms with Gasteiger partial charge in [0, 0.05) is 16.8 Å². The van der Waals surface area contributed by atoms with E-state index in [1.165, 1.54) is 18.3 Å². The summed E-state index contributed by atoms with van der Waals surface area (Å²) < 4.78 is 43.5. The third-order valence-electron chi connectivity index (χ3n) is 6.88. The van der Waals surface area contributed by atoms with Gasteiger partial charge < -0.3 is 14.9 Å². The molecule has 46 heavy (non-hydrogen) atoms. The molecule has 6 aromatic rings. The molecule has 11 heteroatoms. The monoisotopic (exact) mass is 624 g/mol. The van der Waals surface area contributed by atoms with Gasteiger partial charge in [-0.05, 0) is 48.9 Å². The highest BCUT2D eigenvalue weighted by atomic mass is 19.4. The highest BCUT2D eigenvalue weighted by Crippen LogP contribution is 2.36. The number of para-hydroxylation sites is 1. The van der Waals surface area contributed by atoms with Gasteiger partial charge in [-0.3, -0.25) is 9.59 Å². The van der Waals surface area contributed by atoms with E-state index in [-0.39, 0.29) is 17.7 Å². The maximum atomic E-state index is 12.4. The number of aromatic nitrogens is 3. The SMILES string of the molecule is Cc1oncc1C(=O)Nc1ccc(C(F)(F)F)cc1.O=C(O)Cc1c(-c2ccccc2)c(-c2ccccc2)nn1-c1ccccc1. The second-order valence-electron chi connectivity index (χ2n) is 10.0. The van der Waals surface area contributed by atoms with E-state index in [9.17, 15) is 27.9 Å². The van der Waals surface area contributed by atoms with Crippen LogP contribution in [0.25, 0.3) is 28.1 Å². The molecule has 232 valence electrons. The second kappa shape index (κ2) is 13.8. The fourth-order valence-corrected chi connectivity index (χ4v) is 4.71. The zero-order chi connectivity index (χ0) is 32.7. The maximum Gasteiger partial charge on any atom is 0.416 e. The van der Waals surface area contributed by atoms with Crippen molar-refractivity contribution in [3.8, 4) is 28.1 Å². The van der Waals surface area contributed by atoms with E-state index in [2.05, 4.69) is 10.5 Å². The standard InChI is InChI=1S/C23H18N2O2.C12H9F3N2O2/c26-21(27)16-20-22(17-10-4-1-5-11-17)23(18-12-6-2-7-13-18)24-25(20)19-14-8-3-9-15-19;1-7-10(6-16-19-7)11(18)17-9-4-2-8(3-5-9)12(13,14)15/h1-15H,16H2,(H,26,27);2-6H,1H3,(H,17,18). The average Bonchev–Trinajstić information content (AvgIpc) is 3.66. The predicted octanol–water partition coefficient (Wildman–Crippen LogP) is 8.09. The molecule has 2 aromatic heterocycles. The van der Waals surface area contributed by atoms with Crippen LogP contribution in [0.3, 0.4) is 0 Å². The van der Waals surface area contributed by atoms with Crippen molar-refractivity contribution in [1.82, 2.24) is 14.9 Å². The number of benzene rings is 4. The molecule has 0 aliphatic heterocycles. The summed E-state index contributed by atoms with van der Waals surface area (Å²) in [4.78, 5) is 23.4. The zero-order valence-corrected chi connectivity index (χ0v) is 24.4. The Morgan fingerprint density at radius 2 is 1.39 bits per heavy atom. The lowest BCUT2D eigenvalue weighted by Crippen LogP contribution is -2.12. The van der Waals surface area contributed by atoms with E-state index >= 15 is 0 Å². The normalized spacial score (nSPS) is 11.0. The number of alkyl halides is 3. The van der Waals surface area contributed by atoms with Gasteiger partial charge in [-0.2, -0.15) is 18.3 Å². The quantitative estimate of drug-likeness (QED) is 0.186. The van der Waals surface area contributed by atoms with E-state index in [1.54, 1.807) is 11.6 Å². The first-order valence-electron chi connectivity index (χ1n) is 14.0. The fourth-order valence-electron chi connectivity index (χ4n) is 4.71. The smallest absolute Gasteiger partial charge is 0.416 e. The second-order valence-corrected chi connectivity index (χ2v) is 10.0. The van der Waals surface area contributed by atoms with Crippen molar-refractivity contribution in [1.29, 1.82) is 0 Å². The molecule has 0 unspecified atom stereocenters. The Hall–Kier alpha value is -5.97. The van der Waals surface area contributed by atoms with E-state index in [0.717, 1.165) is 40.2 Å². The van der Waals surface area contributed by atoms with Gasteiger partial charge in [-0.1, -0.05) is 84.0 Å². The van der Waals surface area contributed by atoms with Gasteiger partial charge in [0.2, 0.25) is 0 Å². The lowest BCUT2D eigenvalue weighted by Gasteiger charge is -2.08. The van der Waals surface area contributed by atoms with Crippen molar-refractivity contribution in [3.05, 3.63) is 144 Å². The average molecular weight is 625 g/mol. The number of halogens is 3. The number of carboxylic acids is 1. The van der Waals surface area contributed by atoms with Crippen molar-refractivity contribution >= 4 is 17.6 Å². The molecule has 0 atom stereocenters. The first kappa shape index (κ1) is 31.5. The van der Waals surface area contributed by atoms with E-state index in [0.29, 0.717) is 11.5 Å². The summed E-state index contributed by atoms with van der Waals surface area (Å²) in [6, 6.07) is 33.5. The molecule has 0 saturated carbocycles. The fraction of sp³-hybridized carbons (Fsp3) is 0.0857. The molecule has 8 nitrogen and oxygen atoms in total. The van der Waals surface area contributed by atoms with Crippen LogP contribution in [-0.4, -0.2) is 31.9 Å². The minimum atomic E-state index is -4.40. The van der Waals surface area contributed by atoms with Gasteiger partial charge in [-0.15, -0.1) is 0 Å². The van der Waals surface area contributed by atoms with Crippen molar-refractivity contribution in [3.63, 3.8) is 0 Å². The van der Waals surface area contributed by atoms with Crippen LogP contribution in [0.4, 0.5) is 18.9 Å². The largest absolute Gasteiger partial charge is 0.481 e. The minimum Gasteiger partial charge on any atom is -0.481 e. The number of anilines is 1. The zero-order valence-electron chi connectivity index (χ0n) is 24.4. The van der Waals surface area contributed by atoms with Crippen LogP contribution >= 0.6 is 0 Å². The molecule has 0 aliphatic carbocycles. The van der Waals surface area contributed by atoms with Crippen LogP contribution in [0.2, 0.25) is 0 Å². The minimum absolute atomic E-state index is 0.112. The molecule has 2 heterocycles. The van der Waals surface area contributed by atoms with Crippen LogP contribution in [0.1, 0.15) is 27.4 Å². The number of carbonyl (C=O) groups excluding carboxylic acids is 1. The summed E-state index contributed by atoms with van der Waals surface area (Å²) in [6.07, 6.45) is -3.26. The summed E-state index contributed by atoms with van der Waals surface area (Å²) in [7, 11) is 0. The molecule has 0 fully saturated rings. The van der Waals surface area contributed by atoms with Crippen LogP contribution in [-0.2, 0) is 17.4 Å². The number of hydrogen-bond acceptors (Lipinski definition) is 5. The van der Waals surface area contributed by atoms with Gasteiger partial charge >= 0.3 is 12.1 Å².